The molecular formula is C11H8F3N. The van der Waals surface area contributed by atoms with E-state index in [9.17, 15) is 13.2 Å². The van der Waals surface area contributed by atoms with Gasteiger partial charge in [-0.05, 0) is 23.8 Å². The van der Waals surface area contributed by atoms with Gasteiger partial charge in [-0.3, -0.25) is 4.99 Å². The zero-order chi connectivity index (χ0) is 10.8. The number of dihydropyridines is 1. The fourth-order valence-electron chi connectivity index (χ4n) is 1.50. The van der Waals surface area contributed by atoms with E-state index >= 15 is 0 Å². The Balaban J connectivity index is 2.31. The summed E-state index contributed by atoms with van der Waals surface area (Å²) in [5.41, 5.74) is 0.354. The van der Waals surface area contributed by atoms with Crippen LogP contribution in [0.15, 0.2) is 35.1 Å². The van der Waals surface area contributed by atoms with E-state index in [1.54, 1.807) is 0 Å². The van der Waals surface area contributed by atoms with Crippen LogP contribution in [0.25, 0.3) is 0 Å². The van der Waals surface area contributed by atoms with Gasteiger partial charge in [0.05, 0.1) is 6.04 Å². The molecule has 15 heavy (non-hydrogen) atoms. The molecule has 0 saturated heterocycles. The van der Waals surface area contributed by atoms with Gasteiger partial charge in [-0.2, -0.15) is 0 Å². The smallest absolute Gasteiger partial charge is 0.126 e. The van der Waals surface area contributed by atoms with E-state index in [2.05, 4.69) is 4.99 Å². The first kappa shape index (κ1) is 9.96. The van der Waals surface area contributed by atoms with Gasteiger partial charge in [0.2, 0.25) is 0 Å². The van der Waals surface area contributed by atoms with Crippen molar-refractivity contribution < 1.29 is 13.2 Å². The molecule has 78 valence electrons. The third-order valence-corrected chi connectivity index (χ3v) is 2.18. The maximum atomic E-state index is 12.9. The molecule has 0 aromatic heterocycles. The predicted molar refractivity (Wildman–Crippen MR) is 51.4 cm³/mol. The van der Waals surface area contributed by atoms with Crippen LogP contribution in [0, 0.1) is 11.6 Å². The number of rotatable bonds is 1. The van der Waals surface area contributed by atoms with Crippen LogP contribution in [0.5, 0.6) is 0 Å². The van der Waals surface area contributed by atoms with Crippen LogP contribution in [0.1, 0.15) is 18.0 Å². The van der Waals surface area contributed by atoms with Gasteiger partial charge in [0.15, 0.2) is 0 Å². The highest BCUT2D eigenvalue weighted by atomic mass is 19.1. The largest absolute Gasteiger partial charge is 0.285 e. The Morgan fingerprint density at radius 1 is 1.07 bits per heavy atom. The van der Waals surface area contributed by atoms with Crippen molar-refractivity contribution in [3.63, 3.8) is 0 Å². The minimum absolute atomic E-state index is 0.0550. The molecule has 1 aliphatic rings. The number of aliphatic imine (C=N–C) groups is 1. The van der Waals surface area contributed by atoms with Crippen molar-refractivity contribution in [2.24, 2.45) is 4.99 Å². The molecule has 1 heterocycles. The summed E-state index contributed by atoms with van der Waals surface area (Å²) in [6, 6.07) is 2.59. The maximum absolute atomic E-state index is 12.9. The van der Waals surface area contributed by atoms with E-state index < -0.39 is 17.7 Å². The second-order valence-electron chi connectivity index (χ2n) is 3.33. The molecule has 2 rings (SSSR count). The average Bonchev–Trinajstić information content (AvgIpc) is 2.16. The van der Waals surface area contributed by atoms with Crippen molar-refractivity contribution in [1.29, 1.82) is 0 Å². The van der Waals surface area contributed by atoms with Crippen LogP contribution in [0.3, 0.4) is 0 Å². The van der Waals surface area contributed by atoms with E-state index in [1.165, 1.54) is 24.4 Å². The number of nitrogens with zero attached hydrogens (tertiary/aromatic N) is 1. The third kappa shape index (κ3) is 2.26. The number of allylic oxidation sites excluding steroid dienone is 1. The standard InChI is InChI=1S/C11H8F3N/c12-8-1-2-15-11(6-8)7-3-9(13)5-10(14)4-7/h1-5,11H,6H2. The maximum Gasteiger partial charge on any atom is 0.126 e. The monoisotopic (exact) mass is 211 g/mol. The summed E-state index contributed by atoms with van der Waals surface area (Å²) in [5, 5.41) is 0. The zero-order valence-corrected chi connectivity index (χ0v) is 7.75. The number of benzene rings is 1. The van der Waals surface area contributed by atoms with Crippen molar-refractivity contribution in [3.8, 4) is 0 Å². The fraction of sp³-hybridized carbons (Fsp3) is 0.182. The minimum atomic E-state index is -0.671. The molecule has 1 nitrogen and oxygen atoms in total. The van der Waals surface area contributed by atoms with Crippen LogP contribution in [-0.4, -0.2) is 6.21 Å². The Labute approximate surface area is 85.0 Å². The molecule has 0 bridgehead atoms. The molecule has 1 aromatic carbocycles. The Hall–Kier alpha value is -1.58. The molecule has 1 aliphatic heterocycles. The second-order valence-corrected chi connectivity index (χ2v) is 3.33. The van der Waals surface area contributed by atoms with Gasteiger partial charge in [0.25, 0.3) is 0 Å². The molecule has 1 aromatic rings. The highest BCUT2D eigenvalue weighted by molar-refractivity contribution is 5.73. The minimum Gasteiger partial charge on any atom is -0.285 e. The van der Waals surface area contributed by atoms with E-state index in [4.69, 9.17) is 0 Å². The molecule has 0 fully saturated rings. The lowest BCUT2D eigenvalue weighted by molar-refractivity contribution is 0.532. The lowest BCUT2D eigenvalue weighted by atomic mass is 10.0. The molecule has 0 saturated carbocycles. The van der Waals surface area contributed by atoms with Gasteiger partial charge in [-0.15, -0.1) is 0 Å². The highest BCUT2D eigenvalue weighted by Gasteiger charge is 2.16. The summed E-state index contributed by atoms with van der Waals surface area (Å²) in [6.07, 6.45) is 2.61. The Morgan fingerprint density at radius 3 is 2.33 bits per heavy atom. The molecule has 0 N–H and O–H groups in total. The summed E-state index contributed by atoms with van der Waals surface area (Å²) >= 11 is 0. The summed E-state index contributed by atoms with van der Waals surface area (Å²) in [7, 11) is 0. The van der Waals surface area contributed by atoms with Crippen LogP contribution >= 0.6 is 0 Å². The molecule has 0 aliphatic carbocycles. The summed E-state index contributed by atoms with van der Waals surface area (Å²) in [6.45, 7) is 0. The topological polar surface area (TPSA) is 12.4 Å². The first-order valence-corrected chi connectivity index (χ1v) is 4.49. The molecule has 0 amide bonds. The number of hydrogen-bond acceptors (Lipinski definition) is 1. The van der Waals surface area contributed by atoms with Crippen molar-refractivity contribution in [2.45, 2.75) is 12.5 Å². The summed E-state index contributed by atoms with van der Waals surface area (Å²) in [4.78, 5) is 3.96. The predicted octanol–water partition coefficient (Wildman–Crippen LogP) is 3.33. The van der Waals surface area contributed by atoms with Gasteiger partial charge in [0.1, 0.15) is 17.5 Å². The van der Waals surface area contributed by atoms with Gasteiger partial charge < -0.3 is 0 Å². The van der Waals surface area contributed by atoms with Crippen LogP contribution in [-0.2, 0) is 0 Å². The van der Waals surface area contributed by atoms with Gasteiger partial charge in [-0.1, -0.05) is 0 Å². The highest BCUT2D eigenvalue weighted by Crippen LogP contribution is 2.28. The van der Waals surface area contributed by atoms with Crippen LogP contribution in [0.2, 0.25) is 0 Å². The lowest BCUT2D eigenvalue weighted by Crippen LogP contribution is -2.01. The van der Waals surface area contributed by atoms with Gasteiger partial charge in [-0.25, -0.2) is 13.2 Å². The van der Waals surface area contributed by atoms with E-state index in [-0.39, 0.29) is 12.2 Å². The van der Waals surface area contributed by atoms with Crippen molar-refractivity contribution in [1.82, 2.24) is 0 Å². The fourth-order valence-corrected chi connectivity index (χ4v) is 1.50. The molecule has 0 radical (unpaired) electrons. The molecule has 1 unspecified atom stereocenters. The van der Waals surface area contributed by atoms with E-state index in [0.29, 0.717) is 5.56 Å². The second kappa shape index (κ2) is 3.88. The molecule has 0 spiro atoms. The average molecular weight is 211 g/mol. The van der Waals surface area contributed by atoms with Crippen molar-refractivity contribution in [3.05, 3.63) is 47.3 Å². The normalized spacial score (nSPS) is 20.2. The number of halogens is 3. The summed E-state index contributed by atoms with van der Waals surface area (Å²) in [5.74, 6) is -1.68. The van der Waals surface area contributed by atoms with E-state index in [1.807, 2.05) is 0 Å². The van der Waals surface area contributed by atoms with Gasteiger partial charge >= 0.3 is 0 Å². The van der Waals surface area contributed by atoms with Crippen molar-refractivity contribution in [2.75, 3.05) is 0 Å². The van der Waals surface area contributed by atoms with E-state index in [0.717, 1.165) is 6.07 Å². The first-order chi connectivity index (χ1) is 7.15. The van der Waals surface area contributed by atoms with Crippen molar-refractivity contribution >= 4 is 6.21 Å². The first-order valence-electron chi connectivity index (χ1n) is 4.49. The van der Waals surface area contributed by atoms with Crippen LogP contribution < -0.4 is 0 Å². The number of hydrogen-bond donors (Lipinski definition) is 0. The van der Waals surface area contributed by atoms with Crippen LogP contribution in [0.4, 0.5) is 13.2 Å². The lowest BCUT2D eigenvalue weighted by Gasteiger charge is -2.14. The Kier molecular flexibility index (Phi) is 2.58. The van der Waals surface area contributed by atoms with Gasteiger partial charge in [0, 0.05) is 18.7 Å². The SMILES string of the molecule is FC1=CC=NC(c2cc(F)cc(F)c2)C1. The Morgan fingerprint density at radius 2 is 1.73 bits per heavy atom. The molecular weight excluding hydrogens is 203 g/mol. The summed E-state index contributed by atoms with van der Waals surface area (Å²) < 4.78 is 38.7. The molecule has 1 atom stereocenters. The zero-order valence-electron chi connectivity index (χ0n) is 7.75. The Bertz CT molecular complexity index is 417. The third-order valence-electron chi connectivity index (χ3n) is 2.18. The quantitative estimate of drug-likeness (QED) is 0.675. The molecule has 4 heteroatoms.